The van der Waals surface area contributed by atoms with Crippen LogP contribution in [0.2, 0.25) is 0 Å². The molecule has 0 saturated heterocycles. The lowest BCUT2D eigenvalue weighted by atomic mass is 10.3. The van der Waals surface area contributed by atoms with E-state index in [0.29, 0.717) is 11.4 Å². The summed E-state index contributed by atoms with van der Waals surface area (Å²) in [4.78, 5) is 3.10. The van der Waals surface area contributed by atoms with Crippen LogP contribution in [-0.2, 0) is 0 Å². The third-order valence-electron chi connectivity index (χ3n) is 1.55. The van der Waals surface area contributed by atoms with Crippen LogP contribution in [-0.4, -0.2) is 23.6 Å². The standard InChI is InChI=1S/C9H11N2OS/c1-11(2)6-8(12)9-4-3-7(5-10)13-9/h3-4,8,12H,1,6H2,2H3. The maximum atomic E-state index is 9.62. The molecule has 0 spiro atoms. The Morgan fingerprint density at radius 1 is 1.77 bits per heavy atom. The van der Waals surface area contributed by atoms with E-state index in [4.69, 9.17) is 5.26 Å². The van der Waals surface area contributed by atoms with Gasteiger partial charge in [0.05, 0.1) is 0 Å². The largest absolute Gasteiger partial charge is 0.386 e. The molecule has 1 unspecified atom stereocenters. The fraction of sp³-hybridized carbons (Fsp3) is 0.333. The van der Waals surface area contributed by atoms with Gasteiger partial charge in [0, 0.05) is 18.5 Å². The lowest BCUT2D eigenvalue weighted by Crippen LogP contribution is -2.17. The third-order valence-corrected chi connectivity index (χ3v) is 2.64. The second kappa shape index (κ2) is 4.38. The highest BCUT2D eigenvalue weighted by Crippen LogP contribution is 2.22. The van der Waals surface area contributed by atoms with Crippen LogP contribution in [0.25, 0.3) is 0 Å². The average Bonchev–Trinajstić information content (AvgIpc) is 2.50. The Bertz CT molecular complexity index is 314. The fourth-order valence-corrected chi connectivity index (χ4v) is 1.76. The van der Waals surface area contributed by atoms with Gasteiger partial charge in [0.15, 0.2) is 0 Å². The van der Waals surface area contributed by atoms with E-state index in [1.165, 1.54) is 11.3 Å². The summed E-state index contributed by atoms with van der Waals surface area (Å²) in [6, 6.07) is 5.52. The maximum Gasteiger partial charge on any atom is 0.110 e. The van der Waals surface area contributed by atoms with Crippen molar-refractivity contribution in [3.63, 3.8) is 0 Å². The molecule has 0 aliphatic heterocycles. The molecule has 0 amide bonds. The minimum absolute atomic E-state index is 0.478. The van der Waals surface area contributed by atoms with Crippen LogP contribution in [0.4, 0.5) is 0 Å². The Hall–Kier alpha value is -0.890. The Morgan fingerprint density at radius 2 is 2.46 bits per heavy atom. The van der Waals surface area contributed by atoms with E-state index in [0.717, 1.165) is 4.88 Å². The van der Waals surface area contributed by atoms with Crippen LogP contribution in [0.5, 0.6) is 0 Å². The van der Waals surface area contributed by atoms with Gasteiger partial charge in [-0.05, 0) is 19.2 Å². The van der Waals surface area contributed by atoms with Gasteiger partial charge in [0.25, 0.3) is 0 Å². The topological polar surface area (TPSA) is 47.3 Å². The molecular weight excluding hydrogens is 184 g/mol. The Kier molecular flexibility index (Phi) is 3.43. The normalized spacial score (nSPS) is 12.8. The lowest BCUT2D eigenvalue weighted by molar-refractivity contribution is 0.148. The van der Waals surface area contributed by atoms with Gasteiger partial charge in [-0.15, -0.1) is 11.3 Å². The molecule has 0 bridgehead atoms. The Morgan fingerprint density at radius 3 is 2.92 bits per heavy atom. The summed E-state index contributed by atoms with van der Waals surface area (Å²) in [5.74, 6) is 0. The molecule has 0 aliphatic rings. The fourth-order valence-electron chi connectivity index (χ4n) is 0.977. The molecular formula is C9H11N2OS. The highest BCUT2D eigenvalue weighted by molar-refractivity contribution is 7.12. The quantitative estimate of drug-likeness (QED) is 0.792. The monoisotopic (exact) mass is 195 g/mol. The second-order valence-electron chi connectivity index (χ2n) is 2.87. The molecule has 1 atom stereocenters. The van der Waals surface area contributed by atoms with Crippen molar-refractivity contribution in [2.75, 3.05) is 13.6 Å². The van der Waals surface area contributed by atoms with E-state index in [1.807, 2.05) is 6.07 Å². The molecule has 1 aromatic rings. The van der Waals surface area contributed by atoms with Gasteiger partial charge in [-0.3, -0.25) is 0 Å². The minimum Gasteiger partial charge on any atom is -0.386 e. The number of hydrogen-bond acceptors (Lipinski definition) is 4. The number of rotatable bonds is 3. The van der Waals surface area contributed by atoms with E-state index in [2.05, 4.69) is 7.05 Å². The molecule has 4 heteroatoms. The number of nitrogens with zero attached hydrogens (tertiary/aromatic N) is 2. The summed E-state index contributed by atoms with van der Waals surface area (Å²) in [5.41, 5.74) is 0. The summed E-state index contributed by atoms with van der Waals surface area (Å²) in [6.45, 7) is 0.478. The molecule has 0 aliphatic carbocycles. The molecule has 1 heterocycles. The van der Waals surface area contributed by atoms with Crippen LogP contribution in [0.1, 0.15) is 15.9 Å². The summed E-state index contributed by atoms with van der Waals surface area (Å²) < 4.78 is 0. The van der Waals surface area contributed by atoms with Crippen molar-refractivity contribution >= 4 is 11.3 Å². The summed E-state index contributed by atoms with van der Waals surface area (Å²) in [7, 11) is 5.44. The number of nitriles is 1. The first-order chi connectivity index (χ1) is 6.13. The zero-order valence-electron chi connectivity index (χ0n) is 7.40. The lowest BCUT2D eigenvalue weighted by Gasteiger charge is -2.13. The average molecular weight is 195 g/mol. The molecule has 13 heavy (non-hydrogen) atoms. The highest BCUT2D eigenvalue weighted by atomic mass is 32.1. The second-order valence-corrected chi connectivity index (χ2v) is 3.98. The molecule has 1 aromatic heterocycles. The summed E-state index contributed by atoms with van der Waals surface area (Å²) in [6.07, 6.45) is -0.547. The van der Waals surface area contributed by atoms with Gasteiger partial charge in [-0.1, -0.05) is 0 Å². The SMILES string of the molecule is [CH2]N(C)CC(O)c1ccc(C#N)s1. The number of aliphatic hydroxyl groups excluding tert-OH is 1. The number of thiophene rings is 1. The highest BCUT2D eigenvalue weighted by Gasteiger charge is 2.10. The zero-order chi connectivity index (χ0) is 9.84. The van der Waals surface area contributed by atoms with Gasteiger partial charge in [-0.2, -0.15) is 5.26 Å². The first-order valence-corrected chi connectivity index (χ1v) is 4.64. The number of hydrogen-bond donors (Lipinski definition) is 1. The van der Waals surface area contributed by atoms with E-state index in [-0.39, 0.29) is 0 Å². The van der Waals surface area contributed by atoms with Crippen molar-refractivity contribution in [1.29, 1.82) is 5.26 Å². The van der Waals surface area contributed by atoms with Crippen molar-refractivity contribution in [1.82, 2.24) is 4.90 Å². The number of likely N-dealkylation sites (N-methyl/N-ethyl adjacent to an activating group) is 1. The number of aliphatic hydroxyl groups is 1. The summed E-state index contributed by atoms with van der Waals surface area (Å²) in [5, 5.41) is 18.2. The first-order valence-electron chi connectivity index (χ1n) is 3.83. The molecule has 1 N–H and O–H groups in total. The summed E-state index contributed by atoms with van der Waals surface area (Å²) >= 11 is 1.32. The Labute approximate surface area is 81.8 Å². The molecule has 1 rings (SSSR count). The van der Waals surface area contributed by atoms with E-state index in [1.54, 1.807) is 24.1 Å². The first kappa shape index (κ1) is 10.2. The van der Waals surface area contributed by atoms with Crippen LogP contribution in [0.15, 0.2) is 12.1 Å². The molecule has 0 saturated carbocycles. The van der Waals surface area contributed by atoms with Crippen molar-refractivity contribution in [2.24, 2.45) is 0 Å². The van der Waals surface area contributed by atoms with Gasteiger partial charge in [0.1, 0.15) is 17.1 Å². The van der Waals surface area contributed by atoms with Crippen LogP contribution in [0.3, 0.4) is 0 Å². The molecule has 0 fully saturated rings. The van der Waals surface area contributed by atoms with E-state index in [9.17, 15) is 5.11 Å². The predicted molar refractivity (Wildman–Crippen MR) is 52.0 cm³/mol. The molecule has 1 radical (unpaired) electrons. The van der Waals surface area contributed by atoms with Gasteiger partial charge >= 0.3 is 0 Å². The van der Waals surface area contributed by atoms with Crippen LogP contribution >= 0.6 is 11.3 Å². The smallest absolute Gasteiger partial charge is 0.110 e. The van der Waals surface area contributed by atoms with Gasteiger partial charge in [-0.25, -0.2) is 0 Å². The van der Waals surface area contributed by atoms with Crippen molar-refractivity contribution in [3.8, 4) is 6.07 Å². The predicted octanol–water partition coefficient (Wildman–Crippen LogP) is 1.38. The van der Waals surface area contributed by atoms with Crippen molar-refractivity contribution < 1.29 is 5.11 Å². The zero-order valence-corrected chi connectivity index (χ0v) is 8.21. The van der Waals surface area contributed by atoms with Gasteiger partial charge < -0.3 is 10.0 Å². The van der Waals surface area contributed by atoms with E-state index >= 15 is 0 Å². The van der Waals surface area contributed by atoms with Crippen LogP contribution < -0.4 is 0 Å². The van der Waals surface area contributed by atoms with Crippen molar-refractivity contribution in [2.45, 2.75) is 6.10 Å². The van der Waals surface area contributed by atoms with E-state index < -0.39 is 6.10 Å². The van der Waals surface area contributed by atoms with Gasteiger partial charge in [0.2, 0.25) is 0 Å². The third kappa shape index (κ3) is 2.81. The maximum absolute atomic E-state index is 9.62. The van der Waals surface area contributed by atoms with Crippen LogP contribution in [0, 0.1) is 18.4 Å². The van der Waals surface area contributed by atoms with Crippen molar-refractivity contribution in [3.05, 3.63) is 28.9 Å². The molecule has 3 nitrogen and oxygen atoms in total. The Balaban J connectivity index is 2.67. The molecule has 0 aromatic carbocycles. The minimum atomic E-state index is -0.547. The molecule has 69 valence electrons.